The van der Waals surface area contributed by atoms with Gasteiger partial charge < -0.3 is 15.5 Å². The Bertz CT molecular complexity index is 537. The van der Waals surface area contributed by atoms with Crippen molar-refractivity contribution >= 4 is 11.7 Å². The molecule has 23 heavy (non-hydrogen) atoms. The number of nitrogens with zero attached hydrogens (tertiary/aromatic N) is 1. The summed E-state index contributed by atoms with van der Waals surface area (Å²) < 4.78 is 0. The highest BCUT2D eigenvalue weighted by molar-refractivity contribution is 5.74. The molecule has 0 atom stereocenters. The summed E-state index contributed by atoms with van der Waals surface area (Å²) in [6.07, 6.45) is 9.36. The summed E-state index contributed by atoms with van der Waals surface area (Å²) in [4.78, 5) is 14.3. The molecule has 3 rings (SSSR count). The van der Waals surface area contributed by atoms with E-state index in [1.807, 2.05) is 0 Å². The van der Waals surface area contributed by atoms with Crippen molar-refractivity contribution in [3.05, 3.63) is 29.3 Å². The van der Waals surface area contributed by atoms with Crippen LogP contribution in [-0.4, -0.2) is 32.2 Å². The third kappa shape index (κ3) is 4.40. The zero-order valence-electron chi connectivity index (χ0n) is 14.2. The van der Waals surface area contributed by atoms with E-state index in [0.717, 1.165) is 25.8 Å². The lowest BCUT2D eigenvalue weighted by atomic mass is 9.96. The van der Waals surface area contributed by atoms with Crippen molar-refractivity contribution in [1.82, 2.24) is 10.6 Å². The summed E-state index contributed by atoms with van der Waals surface area (Å²) in [5.74, 6) is 0. The van der Waals surface area contributed by atoms with Gasteiger partial charge in [-0.1, -0.05) is 31.4 Å². The van der Waals surface area contributed by atoms with Gasteiger partial charge in [-0.05, 0) is 49.3 Å². The molecule has 126 valence electrons. The number of hydrogen-bond donors (Lipinski definition) is 2. The number of nitrogens with one attached hydrogen (secondary N) is 2. The van der Waals surface area contributed by atoms with Gasteiger partial charge in [0.05, 0.1) is 0 Å². The lowest BCUT2D eigenvalue weighted by molar-refractivity contribution is 0.233. The number of rotatable bonds is 4. The Morgan fingerprint density at radius 2 is 2.04 bits per heavy atom. The molecule has 4 nitrogen and oxygen atoms in total. The summed E-state index contributed by atoms with van der Waals surface area (Å²) in [5, 5.41) is 6.11. The van der Waals surface area contributed by atoms with Gasteiger partial charge in [0.25, 0.3) is 0 Å². The van der Waals surface area contributed by atoms with E-state index in [4.69, 9.17) is 0 Å². The van der Waals surface area contributed by atoms with Crippen LogP contribution in [0.2, 0.25) is 0 Å². The minimum atomic E-state index is -0.00501. The summed E-state index contributed by atoms with van der Waals surface area (Å²) in [6.45, 7) is 1.85. The molecule has 4 heteroatoms. The first-order valence-corrected chi connectivity index (χ1v) is 9.10. The zero-order chi connectivity index (χ0) is 16.1. The van der Waals surface area contributed by atoms with Gasteiger partial charge in [0.15, 0.2) is 0 Å². The molecule has 1 aliphatic carbocycles. The van der Waals surface area contributed by atoms with Crippen molar-refractivity contribution in [3.8, 4) is 0 Å². The van der Waals surface area contributed by atoms with Crippen molar-refractivity contribution in [1.29, 1.82) is 0 Å². The lowest BCUT2D eigenvalue weighted by Gasteiger charge is -2.27. The summed E-state index contributed by atoms with van der Waals surface area (Å²) in [6, 6.07) is 7.11. The van der Waals surface area contributed by atoms with Crippen molar-refractivity contribution in [2.75, 3.05) is 25.0 Å². The third-order valence-corrected chi connectivity index (χ3v) is 5.13. The average Bonchev–Trinajstić information content (AvgIpc) is 2.56. The van der Waals surface area contributed by atoms with Crippen LogP contribution in [0.4, 0.5) is 10.5 Å². The fourth-order valence-electron chi connectivity index (χ4n) is 3.80. The molecule has 1 aliphatic heterocycles. The molecular formula is C19H29N3O. The molecule has 2 N–H and O–H groups in total. The molecule has 0 aromatic heterocycles. The second-order valence-electron chi connectivity index (χ2n) is 6.97. The number of carbonyl (C=O) groups is 1. The van der Waals surface area contributed by atoms with Crippen molar-refractivity contribution in [2.45, 2.75) is 57.4 Å². The monoisotopic (exact) mass is 315 g/mol. The van der Waals surface area contributed by atoms with Crippen molar-refractivity contribution in [2.24, 2.45) is 0 Å². The minimum absolute atomic E-state index is 0.00501. The second-order valence-corrected chi connectivity index (χ2v) is 6.97. The topological polar surface area (TPSA) is 44.4 Å². The Labute approximate surface area is 139 Å². The highest BCUT2D eigenvalue weighted by Crippen LogP contribution is 2.26. The van der Waals surface area contributed by atoms with Crippen LogP contribution < -0.4 is 15.5 Å². The van der Waals surface area contributed by atoms with Gasteiger partial charge >= 0.3 is 6.03 Å². The van der Waals surface area contributed by atoms with E-state index >= 15 is 0 Å². The number of hydrogen-bond acceptors (Lipinski definition) is 2. The van der Waals surface area contributed by atoms with Crippen LogP contribution in [0.25, 0.3) is 0 Å². The predicted molar refractivity (Wildman–Crippen MR) is 95.1 cm³/mol. The van der Waals surface area contributed by atoms with E-state index in [0.29, 0.717) is 12.6 Å². The lowest BCUT2D eigenvalue weighted by Crippen LogP contribution is -2.43. The Balaban J connectivity index is 1.44. The predicted octanol–water partition coefficient (Wildman–Crippen LogP) is 3.24. The number of aryl methyl sites for hydroxylation is 1. The summed E-state index contributed by atoms with van der Waals surface area (Å²) >= 11 is 0. The fraction of sp³-hybridized carbons (Fsp3) is 0.632. The Morgan fingerprint density at radius 1 is 1.22 bits per heavy atom. The van der Waals surface area contributed by atoms with Crippen LogP contribution in [0.1, 0.15) is 49.7 Å². The maximum atomic E-state index is 11.9. The van der Waals surface area contributed by atoms with E-state index in [1.165, 1.54) is 48.9 Å². The van der Waals surface area contributed by atoms with Crippen LogP contribution in [-0.2, 0) is 12.8 Å². The molecule has 1 aromatic carbocycles. The van der Waals surface area contributed by atoms with Gasteiger partial charge in [-0.3, -0.25) is 0 Å². The summed E-state index contributed by atoms with van der Waals surface area (Å²) in [7, 11) is 2.16. The molecule has 1 aromatic rings. The zero-order valence-corrected chi connectivity index (χ0v) is 14.2. The smallest absolute Gasteiger partial charge is 0.315 e. The summed E-state index contributed by atoms with van der Waals surface area (Å²) in [5.41, 5.74) is 4.13. The Hall–Kier alpha value is -1.71. The van der Waals surface area contributed by atoms with E-state index in [-0.39, 0.29) is 6.03 Å². The highest BCUT2D eigenvalue weighted by Gasteiger charge is 2.16. The van der Waals surface area contributed by atoms with Crippen LogP contribution in [0.3, 0.4) is 0 Å². The van der Waals surface area contributed by atoms with Gasteiger partial charge in [-0.15, -0.1) is 0 Å². The number of amides is 2. The Morgan fingerprint density at radius 3 is 2.87 bits per heavy atom. The molecule has 0 spiro atoms. The van der Waals surface area contributed by atoms with E-state index in [1.54, 1.807) is 0 Å². The fourth-order valence-corrected chi connectivity index (χ4v) is 3.80. The molecule has 1 fully saturated rings. The average molecular weight is 315 g/mol. The maximum absolute atomic E-state index is 11.9. The largest absolute Gasteiger partial charge is 0.374 e. The number of fused-ring (bicyclic) bond motifs is 1. The number of benzene rings is 1. The first-order valence-electron chi connectivity index (χ1n) is 9.10. The molecule has 1 heterocycles. The van der Waals surface area contributed by atoms with Crippen LogP contribution in [0.5, 0.6) is 0 Å². The second kappa shape index (κ2) is 7.71. The molecule has 0 bridgehead atoms. The minimum Gasteiger partial charge on any atom is -0.374 e. The van der Waals surface area contributed by atoms with Gasteiger partial charge in [-0.25, -0.2) is 4.79 Å². The standard InChI is InChI=1S/C19H29N3O/c1-22-13-5-6-16-14-15(9-10-18(16)22)11-12-20-19(23)21-17-7-3-2-4-8-17/h9-10,14,17H,2-8,11-13H2,1H3,(H2,20,21,23). The van der Waals surface area contributed by atoms with Gasteiger partial charge in [0.2, 0.25) is 0 Å². The number of anilines is 1. The molecule has 2 aliphatic rings. The van der Waals surface area contributed by atoms with Gasteiger partial charge in [0, 0.05) is 31.9 Å². The van der Waals surface area contributed by atoms with E-state index in [2.05, 4.69) is 40.8 Å². The molecule has 0 radical (unpaired) electrons. The van der Waals surface area contributed by atoms with Crippen LogP contribution in [0, 0.1) is 0 Å². The normalized spacial score (nSPS) is 18.4. The number of carbonyl (C=O) groups excluding carboxylic acids is 1. The molecular weight excluding hydrogens is 286 g/mol. The maximum Gasteiger partial charge on any atom is 0.315 e. The van der Waals surface area contributed by atoms with Crippen LogP contribution >= 0.6 is 0 Å². The van der Waals surface area contributed by atoms with Crippen molar-refractivity contribution < 1.29 is 4.79 Å². The van der Waals surface area contributed by atoms with Crippen molar-refractivity contribution in [3.63, 3.8) is 0 Å². The molecule has 2 amide bonds. The van der Waals surface area contributed by atoms with Gasteiger partial charge in [0.1, 0.15) is 0 Å². The molecule has 0 saturated heterocycles. The van der Waals surface area contributed by atoms with Gasteiger partial charge in [-0.2, -0.15) is 0 Å². The number of urea groups is 1. The SMILES string of the molecule is CN1CCCc2cc(CCNC(=O)NC3CCCCC3)ccc21. The van der Waals surface area contributed by atoms with E-state index < -0.39 is 0 Å². The highest BCUT2D eigenvalue weighted by atomic mass is 16.2. The first kappa shape index (κ1) is 16.2. The third-order valence-electron chi connectivity index (χ3n) is 5.13. The van der Waals surface area contributed by atoms with Crippen LogP contribution in [0.15, 0.2) is 18.2 Å². The Kier molecular flexibility index (Phi) is 5.42. The molecule has 1 saturated carbocycles. The quantitative estimate of drug-likeness (QED) is 0.896. The van der Waals surface area contributed by atoms with E-state index in [9.17, 15) is 4.79 Å². The first-order chi connectivity index (χ1) is 11.2. The molecule has 0 unspecified atom stereocenters.